The molecular weight excluding hydrogens is 284 g/mol. The highest BCUT2D eigenvalue weighted by Crippen LogP contribution is 2.37. The first kappa shape index (κ1) is 19.1. The summed E-state index contributed by atoms with van der Waals surface area (Å²) in [5.74, 6) is -1.47. The molecule has 0 aromatic carbocycles. The fourth-order valence-corrected chi connectivity index (χ4v) is 3.20. The summed E-state index contributed by atoms with van der Waals surface area (Å²) in [4.78, 5) is 10.7. The molecule has 1 saturated carbocycles. The van der Waals surface area contributed by atoms with Gasteiger partial charge in [0.2, 0.25) is 0 Å². The lowest BCUT2D eigenvalue weighted by Crippen LogP contribution is -2.24. The Kier molecular flexibility index (Phi) is 7.53. The molecule has 0 aromatic heterocycles. The minimum Gasteiger partial charge on any atom is -0.481 e. The highest BCUT2D eigenvalue weighted by atomic mass is 16.4. The summed E-state index contributed by atoms with van der Waals surface area (Å²) in [7, 11) is 0. The van der Waals surface area contributed by atoms with Crippen molar-refractivity contribution in [1.82, 2.24) is 0 Å². The molecule has 1 aliphatic rings. The average Bonchev–Trinajstić information content (AvgIpc) is 2.68. The molecule has 1 aliphatic carbocycles. The van der Waals surface area contributed by atoms with E-state index in [4.69, 9.17) is 5.11 Å². The topological polar surface area (TPSA) is 98.0 Å². The number of aliphatic hydroxyl groups excluding tert-OH is 2. The Bertz CT molecular complexity index is 377. The third-order valence-electron chi connectivity index (χ3n) is 4.57. The molecule has 5 heteroatoms. The van der Waals surface area contributed by atoms with Gasteiger partial charge in [-0.3, -0.25) is 4.79 Å². The van der Waals surface area contributed by atoms with Crippen molar-refractivity contribution in [3.63, 3.8) is 0 Å². The smallest absolute Gasteiger partial charge is 0.303 e. The summed E-state index contributed by atoms with van der Waals surface area (Å²) in [6.07, 6.45) is 6.41. The summed E-state index contributed by atoms with van der Waals surface area (Å²) >= 11 is 0. The first-order chi connectivity index (χ1) is 10.3. The molecule has 128 valence electrons. The van der Waals surface area contributed by atoms with Crippen molar-refractivity contribution in [2.75, 3.05) is 0 Å². The van der Waals surface area contributed by atoms with Gasteiger partial charge in [-0.15, -0.1) is 0 Å². The van der Waals surface area contributed by atoms with Gasteiger partial charge >= 0.3 is 5.97 Å². The zero-order valence-corrected chi connectivity index (χ0v) is 13.6. The number of hydrogen-bond acceptors (Lipinski definition) is 4. The van der Waals surface area contributed by atoms with E-state index in [-0.39, 0.29) is 24.7 Å². The monoisotopic (exact) mass is 314 g/mol. The highest BCUT2D eigenvalue weighted by molar-refractivity contribution is 5.66. The first-order valence-electron chi connectivity index (χ1n) is 8.26. The number of rotatable bonds is 9. The molecule has 0 unspecified atom stereocenters. The summed E-state index contributed by atoms with van der Waals surface area (Å²) in [5, 5.41) is 39.2. The van der Waals surface area contributed by atoms with Crippen LogP contribution in [0.3, 0.4) is 0 Å². The lowest BCUT2D eigenvalue weighted by molar-refractivity contribution is -0.137. The van der Waals surface area contributed by atoms with Crippen LogP contribution >= 0.6 is 0 Å². The molecule has 0 amide bonds. The second-order valence-corrected chi connectivity index (χ2v) is 6.72. The molecule has 0 heterocycles. The molecule has 0 aromatic rings. The molecular formula is C17H30O5. The van der Waals surface area contributed by atoms with E-state index >= 15 is 0 Å². The average molecular weight is 314 g/mol. The summed E-state index contributed by atoms with van der Waals surface area (Å²) < 4.78 is 0. The second kappa shape index (κ2) is 8.65. The van der Waals surface area contributed by atoms with E-state index in [1.165, 1.54) is 0 Å². The lowest BCUT2D eigenvalue weighted by Gasteiger charge is -2.23. The Balaban J connectivity index is 2.65. The number of carboxylic acid groups (broad SMARTS) is 1. The quantitative estimate of drug-likeness (QED) is 0.386. The highest BCUT2D eigenvalue weighted by Gasteiger charge is 2.40. The maximum Gasteiger partial charge on any atom is 0.303 e. The third kappa shape index (κ3) is 6.07. The standard InChI is InChI=1S/C17H30O5/c1-3-4-5-9-17(2,22)10-8-13-12(6-7-16(20)21)14(18)11-15(13)19/h8,10,12-15,18-19,22H,3-7,9,11H2,1-2H3,(H,20,21)/b10-8+/t12-,13-,14+,15-,17+/m1/s1. The van der Waals surface area contributed by atoms with E-state index in [0.717, 1.165) is 19.3 Å². The Morgan fingerprint density at radius 2 is 1.95 bits per heavy atom. The van der Waals surface area contributed by atoms with Gasteiger partial charge < -0.3 is 20.4 Å². The number of aliphatic carboxylic acids is 1. The number of carbonyl (C=O) groups is 1. The molecule has 0 saturated heterocycles. The van der Waals surface area contributed by atoms with E-state index < -0.39 is 23.8 Å². The molecule has 1 fully saturated rings. The van der Waals surface area contributed by atoms with Gasteiger partial charge in [0.05, 0.1) is 17.8 Å². The maximum atomic E-state index is 10.7. The van der Waals surface area contributed by atoms with Crippen LogP contribution in [-0.2, 0) is 4.79 Å². The van der Waals surface area contributed by atoms with Gasteiger partial charge in [0.15, 0.2) is 0 Å². The molecule has 0 spiro atoms. The Morgan fingerprint density at radius 3 is 2.55 bits per heavy atom. The van der Waals surface area contributed by atoms with Crippen LogP contribution in [0.5, 0.6) is 0 Å². The van der Waals surface area contributed by atoms with Crippen molar-refractivity contribution in [2.24, 2.45) is 11.8 Å². The molecule has 5 atom stereocenters. The lowest BCUT2D eigenvalue weighted by atomic mass is 9.87. The summed E-state index contributed by atoms with van der Waals surface area (Å²) in [6, 6.07) is 0. The van der Waals surface area contributed by atoms with Crippen LogP contribution in [0, 0.1) is 11.8 Å². The molecule has 1 rings (SSSR count). The third-order valence-corrected chi connectivity index (χ3v) is 4.57. The fraction of sp³-hybridized carbons (Fsp3) is 0.824. The SMILES string of the molecule is CCCCC[C@](C)(O)/C=C/[C@@H]1[C@@H](CCC(=O)O)[C@@H](O)C[C@H]1O. The van der Waals surface area contributed by atoms with Gasteiger partial charge in [-0.25, -0.2) is 0 Å². The van der Waals surface area contributed by atoms with Crippen LogP contribution in [0.1, 0.15) is 58.8 Å². The van der Waals surface area contributed by atoms with Crippen molar-refractivity contribution in [1.29, 1.82) is 0 Å². The van der Waals surface area contributed by atoms with Gasteiger partial charge in [0, 0.05) is 18.8 Å². The van der Waals surface area contributed by atoms with Crippen LogP contribution in [0.2, 0.25) is 0 Å². The zero-order chi connectivity index (χ0) is 16.8. The minimum atomic E-state index is -0.931. The Morgan fingerprint density at radius 1 is 1.27 bits per heavy atom. The van der Waals surface area contributed by atoms with Gasteiger partial charge in [-0.05, 0) is 25.7 Å². The second-order valence-electron chi connectivity index (χ2n) is 6.72. The predicted molar refractivity (Wildman–Crippen MR) is 84.4 cm³/mol. The zero-order valence-electron chi connectivity index (χ0n) is 13.6. The predicted octanol–water partition coefficient (Wildman–Crippen LogP) is 2.10. The van der Waals surface area contributed by atoms with Crippen LogP contribution in [0.25, 0.3) is 0 Å². The summed E-state index contributed by atoms with van der Waals surface area (Å²) in [5.41, 5.74) is -0.931. The van der Waals surface area contributed by atoms with Crippen molar-refractivity contribution in [3.05, 3.63) is 12.2 Å². The normalized spacial score (nSPS) is 31.5. The first-order valence-corrected chi connectivity index (χ1v) is 8.26. The van der Waals surface area contributed by atoms with Gasteiger partial charge in [0.25, 0.3) is 0 Å². The molecule has 0 aliphatic heterocycles. The number of aliphatic hydroxyl groups is 3. The maximum absolute atomic E-state index is 10.7. The summed E-state index contributed by atoms with van der Waals surface area (Å²) in [6.45, 7) is 3.84. The fourth-order valence-electron chi connectivity index (χ4n) is 3.20. The van der Waals surface area contributed by atoms with Crippen molar-refractivity contribution < 1.29 is 25.2 Å². The minimum absolute atomic E-state index is 0.0221. The van der Waals surface area contributed by atoms with Crippen LogP contribution in [0.15, 0.2) is 12.2 Å². The van der Waals surface area contributed by atoms with Gasteiger partial charge in [-0.2, -0.15) is 0 Å². The van der Waals surface area contributed by atoms with Crippen molar-refractivity contribution in [3.8, 4) is 0 Å². The Hall–Kier alpha value is -0.910. The van der Waals surface area contributed by atoms with E-state index in [2.05, 4.69) is 6.92 Å². The van der Waals surface area contributed by atoms with E-state index in [1.54, 1.807) is 19.1 Å². The number of unbranched alkanes of at least 4 members (excludes halogenated alkanes) is 2. The molecule has 0 bridgehead atoms. The van der Waals surface area contributed by atoms with E-state index in [9.17, 15) is 20.1 Å². The Labute approximate surface area is 132 Å². The van der Waals surface area contributed by atoms with Crippen LogP contribution < -0.4 is 0 Å². The molecule has 0 radical (unpaired) electrons. The van der Waals surface area contributed by atoms with Crippen molar-refractivity contribution in [2.45, 2.75) is 76.6 Å². The largest absolute Gasteiger partial charge is 0.481 e. The number of carboxylic acids is 1. The van der Waals surface area contributed by atoms with E-state index in [1.807, 2.05) is 0 Å². The number of hydrogen-bond donors (Lipinski definition) is 4. The molecule has 4 N–H and O–H groups in total. The molecule has 5 nitrogen and oxygen atoms in total. The van der Waals surface area contributed by atoms with Gasteiger partial charge in [-0.1, -0.05) is 38.3 Å². The molecule has 22 heavy (non-hydrogen) atoms. The van der Waals surface area contributed by atoms with Crippen LogP contribution in [-0.4, -0.2) is 44.2 Å². The van der Waals surface area contributed by atoms with Gasteiger partial charge in [0.1, 0.15) is 0 Å². The van der Waals surface area contributed by atoms with E-state index in [0.29, 0.717) is 12.8 Å². The van der Waals surface area contributed by atoms with Crippen molar-refractivity contribution >= 4 is 5.97 Å². The van der Waals surface area contributed by atoms with Crippen LogP contribution in [0.4, 0.5) is 0 Å².